The highest BCUT2D eigenvalue weighted by Crippen LogP contribution is 2.20. The molecule has 0 spiro atoms. The van der Waals surface area contributed by atoms with Crippen molar-refractivity contribution in [1.29, 1.82) is 0 Å². The Hall–Kier alpha value is -2.01. The zero-order valence-electron chi connectivity index (χ0n) is 11.4. The monoisotopic (exact) mass is 278 g/mol. The lowest BCUT2D eigenvalue weighted by Crippen LogP contribution is -2.20. The number of halogens is 2. The molecule has 2 aromatic rings. The topological polar surface area (TPSA) is 34.1 Å². The van der Waals surface area contributed by atoms with E-state index in [4.69, 9.17) is 4.74 Å². The van der Waals surface area contributed by atoms with Crippen LogP contribution in [0.5, 0.6) is 5.88 Å². The fourth-order valence-electron chi connectivity index (χ4n) is 1.97. The molecule has 1 aromatic carbocycles. The second kappa shape index (κ2) is 6.43. The van der Waals surface area contributed by atoms with E-state index in [1.165, 1.54) is 6.07 Å². The van der Waals surface area contributed by atoms with E-state index in [2.05, 4.69) is 10.3 Å². The first-order valence-electron chi connectivity index (χ1n) is 6.28. The van der Waals surface area contributed by atoms with Crippen molar-refractivity contribution in [2.75, 3.05) is 7.11 Å². The van der Waals surface area contributed by atoms with Crippen LogP contribution in [-0.4, -0.2) is 12.1 Å². The van der Waals surface area contributed by atoms with Gasteiger partial charge in [0.15, 0.2) is 11.6 Å². The quantitative estimate of drug-likeness (QED) is 0.912. The van der Waals surface area contributed by atoms with Crippen molar-refractivity contribution in [2.45, 2.75) is 19.5 Å². The van der Waals surface area contributed by atoms with E-state index in [-0.39, 0.29) is 6.04 Å². The molecule has 1 unspecified atom stereocenters. The van der Waals surface area contributed by atoms with Crippen molar-refractivity contribution in [1.82, 2.24) is 10.3 Å². The molecule has 106 valence electrons. The Balaban J connectivity index is 2.09. The Morgan fingerprint density at radius 1 is 1.25 bits per heavy atom. The standard InChI is InChI=1S/C15H16F2N2O/c1-10(12-6-3-7-13(16)14(12)17)19-9-11-5-4-8-18-15(11)20-2/h3-8,10,19H,9H2,1-2H3. The molecule has 0 aliphatic carbocycles. The van der Waals surface area contributed by atoms with Crippen LogP contribution < -0.4 is 10.1 Å². The molecule has 0 saturated heterocycles. The predicted molar refractivity (Wildman–Crippen MR) is 72.4 cm³/mol. The molecular weight excluding hydrogens is 262 g/mol. The number of hydrogen-bond donors (Lipinski definition) is 1. The average molecular weight is 278 g/mol. The summed E-state index contributed by atoms with van der Waals surface area (Å²) in [7, 11) is 1.54. The smallest absolute Gasteiger partial charge is 0.217 e. The van der Waals surface area contributed by atoms with Gasteiger partial charge < -0.3 is 10.1 Å². The molecule has 1 atom stereocenters. The molecule has 0 amide bonds. The third kappa shape index (κ3) is 3.11. The summed E-state index contributed by atoms with van der Waals surface area (Å²) in [6, 6.07) is 7.51. The van der Waals surface area contributed by atoms with Gasteiger partial charge in [0.25, 0.3) is 0 Å². The lowest BCUT2D eigenvalue weighted by Gasteiger charge is -2.16. The van der Waals surface area contributed by atoms with Crippen molar-refractivity contribution >= 4 is 0 Å². The van der Waals surface area contributed by atoms with Crippen LogP contribution in [0, 0.1) is 11.6 Å². The molecule has 0 aliphatic rings. The molecule has 1 N–H and O–H groups in total. The molecule has 0 radical (unpaired) electrons. The summed E-state index contributed by atoms with van der Waals surface area (Å²) in [5, 5.41) is 3.13. The Bertz CT molecular complexity index is 590. The number of ether oxygens (including phenoxy) is 1. The van der Waals surface area contributed by atoms with Gasteiger partial charge in [-0.25, -0.2) is 13.8 Å². The van der Waals surface area contributed by atoms with E-state index < -0.39 is 11.6 Å². The third-order valence-corrected chi connectivity index (χ3v) is 3.09. The Morgan fingerprint density at radius 2 is 2.05 bits per heavy atom. The van der Waals surface area contributed by atoms with Gasteiger partial charge in [0.05, 0.1) is 7.11 Å². The van der Waals surface area contributed by atoms with Gasteiger partial charge in [0.1, 0.15) is 0 Å². The van der Waals surface area contributed by atoms with Crippen molar-refractivity contribution in [3.8, 4) is 5.88 Å². The van der Waals surface area contributed by atoms with E-state index in [0.29, 0.717) is 18.0 Å². The Kier molecular flexibility index (Phi) is 4.63. The normalized spacial score (nSPS) is 12.2. The molecular formula is C15H16F2N2O. The predicted octanol–water partition coefficient (Wildman–Crippen LogP) is 3.22. The van der Waals surface area contributed by atoms with Crippen molar-refractivity contribution in [3.05, 3.63) is 59.3 Å². The fraction of sp³-hybridized carbons (Fsp3) is 0.267. The first kappa shape index (κ1) is 14.4. The van der Waals surface area contributed by atoms with Gasteiger partial charge in [0, 0.05) is 29.9 Å². The van der Waals surface area contributed by atoms with Crippen LogP contribution in [0.4, 0.5) is 8.78 Å². The van der Waals surface area contributed by atoms with E-state index in [9.17, 15) is 8.78 Å². The van der Waals surface area contributed by atoms with Crippen LogP contribution in [0.25, 0.3) is 0 Å². The van der Waals surface area contributed by atoms with Gasteiger partial charge in [-0.3, -0.25) is 0 Å². The van der Waals surface area contributed by atoms with Crippen molar-refractivity contribution in [2.24, 2.45) is 0 Å². The molecule has 1 heterocycles. The second-order valence-corrected chi connectivity index (χ2v) is 4.42. The number of nitrogens with one attached hydrogen (secondary N) is 1. The molecule has 3 nitrogen and oxygen atoms in total. The van der Waals surface area contributed by atoms with Crippen LogP contribution in [0.2, 0.25) is 0 Å². The fourth-order valence-corrected chi connectivity index (χ4v) is 1.97. The minimum atomic E-state index is -0.838. The zero-order valence-corrected chi connectivity index (χ0v) is 11.4. The van der Waals surface area contributed by atoms with E-state index >= 15 is 0 Å². The van der Waals surface area contributed by atoms with Crippen LogP contribution in [-0.2, 0) is 6.54 Å². The minimum Gasteiger partial charge on any atom is -0.481 e. The Labute approximate surface area is 116 Å². The minimum absolute atomic E-state index is 0.299. The highest BCUT2D eigenvalue weighted by Gasteiger charge is 2.14. The van der Waals surface area contributed by atoms with E-state index in [1.54, 1.807) is 32.4 Å². The van der Waals surface area contributed by atoms with Gasteiger partial charge in [-0.1, -0.05) is 18.2 Å². The lowest BCUT2D eigenvalue weighted by molar-refractivity contribution is 0.388. The lowest BCUT2D eigenvalue weighted by atomic mass is 10.1. The maximum absolute atomic E-state index is 13.7. The highest BCUT2D eigenvalue weighted by molar-refractivity contribution is 5.26. The molecule has 0 aliphatic heterocycles. The van der Waals surface area contributed by atoms with Crippen LogP contribution >= 0.6 is 0 Å². The summed E-state index contributed by atoms with van der Waals surface area (Å²) >= 11 is 0. The summed E-state index contributed by atoms with van der Waals surface area (Å²) < 4.78 is 32.0. The van der Waals surface area contributed by atoms with Crippen molar-refractivity contribution in [3.63, 3.8) is 0 Å². The number of aromatic nitrogens is 1. The highest BCUT2D eigenvalue weighted by atomic mass is 19.2. The maximum atomic E-state index is 13.7. The van der Waals surface area contributed by atoms with Gasteiger partial charge >= 0.3 is 0 Å². The number of methoxy groups -OCH3 is 1. The molecule has 2 rings (SSSR count). The summed E-state index contributed by atoms with van der Waals surface area (Å²) in [5.74, 6) is -1.13. The molecule has 5 heteroatoms. The van der Waals surface area contributed by atoms with E-state index in [0.717, 1.165) is 11.6 Å². The molecule has 1 aromatic heterocycles. The summed E-state index contributed by atoms with van der Waals surface area (Å²) in [4.78, 5) is 4.08. The molecule has 0 fully saturated rings. The molecule has 20 heavy (non-hydrogen) atoms. The average Bonchev–Trinajstić information content (AvgIpc) is 2.48. The van der Waals surface area contributed by atoms with Gasteiger partial charge in [0.2, 0.25) is 5.88 Å². The molecule has 0 bridgehead atoms. The Morgan fingerprint density at radius 3 is 2.80 bits per heavy atom. The number of hydrogen-bond acceptors (Lipinski definition) is 3. The van der Waals surface area contributed by atoms with Gasteiger partial charge in [-0.2, -0.15) is 0 Å². The van der Waals surface area contributed by atoms with Crippen LogP contribution in [0.3, 0.4) is 0 Å². The zero-order chi connectivity index (χ0) is 14.5. The maximum Gasteiger partial charge on any atom is 0.217 e. The van der Waals surface area contributed by atoms with Gasteiger partial charge in [-0.15, -0.1) is 0 Å². The summed E-state index contributed by atoms with van der Waals surface area (Å²) in [5.41, 5.74) is 1.16. The SMILES string of the molecule is COc1ncccc1CNC(C)c1cccc(F)c1F. The number of pyridine rings is 1. The third-order valence-electron chi connectivity index (χ3n) is 3.09. The van der Waals surface area contributed by atoms with Crippen molar-refractivity contribution < 1.29 is 13.5 Å². The number of rotatable bonds is 5. The van der Waals surface area contributed by atoms with Crippen LogP contribution in [0.1, 0.15) is 24.1 Å². The summed E-state index contributed by atoms with van der Waals surface area (Å²) in [6.45, 7) is 2.23. The largest absolute Gasteiger partial charge is 0.481 e. The summed E-state index contributed by atoms with van der Waals surface area (Å²) in [6.07, 6.45) is 1.64. The molecule has 0 saturated carbocycles. The first-order valence-corrected chi connectivity index (χ1v) is 6.28. The number of benzene rings is 1. The second-order valence-electron chi connectivity index (χ2n) is 4.42. The van der Waals surface area contributed by atoms with Crippen LogP contribution in [0.15, 0.2) is 36.5 Å². The van der Waals surface area contributed by atoms with E-state index in [1.807, 2.05) is 6.07 Å². The van der Waals surface area contributed by atoms with Gasteiger partial charge in [-0.05, 0) is 19.1 Å². The first-order chi connectivity index (χ1) is 9.63. The number of nitrogens with zero attached hydrogens (tertiary/aromatic N) is 1.